The molecule has 0 aromatic rings. The minimum absolute atomic E-state index is 0.0556. The van der Waals surface area contributed by atoms with E-state index in [1.165, 1.54) is 0 Å². The van der Waals surface area contributed by atoms with Gasteiger partial charge in [0, 0.05) is 6.61 Å². The van der Waals surface area contributed by atoms with Crippen molar-refractivity contribution >= 4 is 5.91 Å². The van der Waals surface area contributed by atoms with E-state index in [0.717, 1.165) is 12.8 Å². The number of rotatable bonds is 5. The molecule has 1 N–H and O–H groups in total. The van der Waals surface area contributed by atoms with Crippen molar-refractivity contribution in [3.8, 4) is 0 Å². The molecule has 0 atom stereocenters. The lowest BCUT2D eigenvalue weighted by atomic mass is 10.4. The van der Waals surface area contributed by atoms with Crippen LogP contribution in [0, 0.1) is 0 Å². The first kappa shape index (κ1) is 8.43. The summed E-state index contributed by atoms with van der Waals surface area (Å²) in [4.78, 5) is 9.95. The van der Waals surface area contributed by atoms with E-state index in [-0.39, 0.29) is 6.61 Å². The van der Waals surface area contributed by atoms with Gasteiger partial charge in [0.15, 0.2) is 0 Å². The Labute approximate surface area is 55.2 Å². The van der Waals surface area contributed by atoms with Gasteiger partial charge in [-0.2, -0.15) is 0 Å². The normalized spacial score (nSPS) is 9.44. The fourth-order valence-corrected chi connectivity index (χ4v) is 0.411. The van der Waals surface area contributed by atoms with E-state index in [2.05, 4.69) is 0 Å². The van der Waals surface area contributed by atoms with Crippen LogP contribution in [-0.4, -0.2) is 19.1 Å². The van der Waals surface area contributed by atoms with Gasteiger partial charge in [0.2, 0.25) is 0 Å². The zero-order chi connectivity index (χ0) is 7.11. The summed E-state index contributed by atoms with van der Waals surface area (Å²) in [5.74, 6) is -0.647. The van der Waals surface area contributed by atoms with Crippen molar-refractivity contribution in [1.82, 2.24) is 5.73 Å². The third-order valence-electron chi connectivity index (χ3n) is 0.875. The molecule has 0 aromatic heterocycles. The molecule has 53 valence electrons. The highest BCUT2D eigenvalue weighted by atomic mass is 16.5. The highest BCUT2D eigenvalue weighted by Crippen LogP contribution is 1.86. The fourth-order valence-electron chi connectivity index (χ4n) is 0.411. The number of nitrogens with one attached hydrogen (secondary N) is 1. The first-order valence-corrected chi connectivity index (χ1v) is 3.09. The van der Waals surface area contributed by atoms with Crippen LogP contribution in [0.5, 0.6) is 0 Å². The summed E-state index contributed by atoms with van der Waals surface area (Å²) in [6, 6.07) is 0. The fraction of sp³-hybridized carbons (Fsp3) is 0.833. The number of ether oxygens (including phenoxy) is 1. The lowest BCUT2D eigenvalue weighted by molar-refractivity contribution is -0.123. The number of carbonyl (C=O) groups excluding carboxylic acids is 1. The van der Waals surface area contributed by atoms with E-state index in [1.807, 2.05) is 6.92 Å². The minimum Gasteiger partial charge on any atom is -0.372 e. The van der Waals surface area contributed by atoms with Crippen molar-refractivity contribution in [1.29, 1.82) is 0 Å². The lowest BCUT2D eigenvalue weighted by Gasteiger charge is -1.96. The van der Waals surface area contributed by atoms with Gasteiger partial charge in [-0.25, -0.2) is 0 Å². The maximum absolute atomic E-state index is 9.95. The van der Waals surface area contributed by atoms with Gasteiger partial charge >= 0.3 is 0 Å². The summed E-state index contributed by atoms with van der Waals surface area (Å²) in [6.07, 6.45) is 2.03. The Hall–Kier alpha value is -0.570. The molecular weight excluding hydrogens is 118 g/mol. The van der Waals surface area contributed by atoms with Gasteiger partial charge in [-0.05, 0) is 6.42 Å². The summed E-state index contributed by atoms with van der Waals surface area (Å²) in [7, 11) is 0. The molecule has 0 aliphatic carbocycles. The maximum Gasteiger partial charge on any atom is 0.264 e. The Balaban J connectivity index is 2.83. The van der Waals surface area contributed by atoms with Gasteiger partial charge in [0.05, 0.1) is 0 Å². The second-order valence-corrected chi connectivity index (χ2v) is 1.83. The van der Waals surface area contributed by atoms with E-state index in [4.69, 9.17) is 10.5 Å². The molecule has 0 heterocycles. The monoisotopic (exact) mass is 130 g/mol. The van der Waals surface area contributed by atoms with Crippen molar-refractivity contribution in [2.75, 3.05) is 13.2 Å². The predicted octanol–water partition coefficient (Wildman–Crippen LogP) is 0.613. The molecule has 1 radical (unpaired) electrons. The Bertz CT molecular complexity index is 83.1. The van der Waals surface area contributed by atoms with E-state index >= 15 is 0 Å². The van der Waals surface area contributed by atoms with Crippen LogP contribution in [0.15, 0.2) is 0 Å². The summed E-state index contributed by atoms with van der Waals surface area (Å²) < 4.78 is 4.80. The second kappa shape index (κ2) is 5.56. The number of unbranched alkanes of at least 4 members (excludes halogenated alkanes) is 1. The number of amides is 1. The average Bonchev–Trinajstić information content (AvgIpc) is 1.80. The maximum atomic E-state index is 9.95. The Morgan fingerprint density at radius 2 is 2.33 bits per heavy atom. The topological polar surface area (TPSA) is 50.1 Å². The van der Waals surface area contributed by atoms with E-state index in [1.54, 1.807) is 0 Å². The van der Waals surface area contributed by atoms with Crippen molar-refractivity contribution in [3.63, 3.8) is 0 Å². The number of hydrogen-bond acceptors (Lipinski definition) is 2. The molecule has 1 amide bonds. The third kappa shape index (κ3) is 7.43. The molecule has 0 spiro atoms. The highest BCUT2D eigenvalue weighted by molar-refractivity contribution is 5.74. The van der Waals surface area contributed by atoms with Gasteiger partial charge in [-0.3, -0.25) is 10.5 Å². The molecule has 3 nitrogen and oxygen atoms in total. The third-order valence-corrected chi connectivity index (χ3v) is 0.875. The molecule has 0 aromatic carbocycles. The van der Waals surface area contributed by atoms with E-state index in [0.29, 0.717) is 6.61 Å². The van der Waals surface area contributed by atoms with Crippen LogP contribution in [0.4, 0.5) is 0 Å². The first-order valence-electron chi connectivity index (χ1n) is 3.09. The smallest absolute Gasteiger partial charge is 0.264 e. The molecule has 0 saturated carbocycles. The number of carbonyl (C=O) groups is 1. The molecule has 0 aliphatic heterocycles. The van der Waals surface area contributed by atoms with Gasteiger partial charge in [-0.1, -0.05) is 13.3 Å². The molecule has 0 unspecified atom stereocenters. The van der Waals surface area contributed by atoms with Crippen molar-refractivity contribution in [2.24, 2.45) is 0 Å². The predicted molar refractivity (Wildman–Crippen MR) is 33.8 cm³/mol. The molecule has 0 rings (SSSR count). The number of hydrogen-bond donors (Lipinski definition) is 0. The molecule has 9 heavy (non-hydrogen) atoms. The quantitative estimate of drug-likeness (QED) is 0.512. The second-order valence-electron chi connectivity index (χ2n) is 1.83. The Morgan fingerprint density at radius 3 is 2.78 bits per heavy atom. The molecule has 0 aliphatic rings. The van der Waals surface area contributed by atoms with Crippen LogP contribution in [0.3, 0.4) is 0 Å². The van der Waals surface area contributed by atoms with Crippen molar-refractivity contribution in [2.45, 2.75) is 19.8 Å². The van der Waals surface area contributed by atoms with Crippen molar-refractivity contribution in [3.05, 3.63) is 0 Å². The van der Waals surface area contributed by atoms with E-state index < -0.39 is 5.91 Å². The Morgan fingerprint density at radius 1 is 1.67 bits per heavy atom. The summed E-state index contributed by atoms with van der Waals surface area (Å²) in [5.41, 5.74) is 6.45. The highest BCUT2D eigenvalue weighted by Gasteiger charge is 1.92. The minimum atomic E-state index is -0.647. The largest absolute Gasteiger partial charge is 0.372 e. The summed E-state index contributed by atoms with van der Waals surface area (Å²) >= 11 is 0. The SMILES string of the molecule is CCCCOCC([NH])=O. The molecule has 0 fully saturated rings. The summed E-state index contributed by atoms with van der Waals surface area (Å²) in [5, 5.41) is 0. The van der Waals surface area contributed by atoms with Crippen molar-refractivity contribution < 1.29 is 9.53 Å². The Kier molecular flexibility index (Phi) is 5.21. The molecule has 0 saturated heterocycles. The van der Waals surface area contributed by atoms with Crippen LogP contribution in [0.1, 0.15) is 19.8 Å². The zero-order valence-electron chi connectivity index (χ0n) is 5.64. The van der Waals surface area contributed by atoms with Crippen LogP contribution in [-0.2, 0) is 9.53 Å². The van der Waals surface area contributed by atoms with Crippen LogP contribution < -0.4 is 5.73 Å². The van der Waals surface area contributed by atoms with Gasteiger partial charge < -0.3 is 4.74 Å². The van der Waals surface area contributed by atoms with Gasteiger partial charge in [0.1, 0.15) is 6.61 Å². The van der Waals surface area contributed by atoms with Crippen LogP contribution in [0.25, 0.3) is 0 Å². The lowest BCUT2D eigenvalue weighted by Crippen LogP contribution is -2.09. The molecule has 3 heteroatoms. The van der Waals surface area contributed by atoms with E-state index in [9.17, 15) is 4.79 Å². The average molecular weight is 130 g/mol. The van der Waals surface area contributed by atoms with Crippen LogP contribution in [0.2, 0.25) is 0 Å². The van der Waals surface area contributed by atoms with Crippen LogP contribution >= 0.6 is 0 Å². The standard InChI is InChI=1S/C6H12NO2/c1-2-3-4-9-5-6(7)8/h7H,2-5H2,1H3. The first-order chi connectivity index (χ1) is 4.27. The molecule has 0 bridgehead atoms. The van der Waals surface area contributed by atoms with Gasteiger partial charge in [0.25, 0.3) is 5.91 Å². The molecular formula is C6H12NO2. The van der Waals surface area contributed by atoms with Gasteiger partial charge in [-0.15, -0.1) is 0 Å². The summed E-state index contributed by atoms with van der Waals surface area (Å²) in [6.45, 7) is 2.59. The zero-order valence-corrected chi connectivity index (χ0v) is 5.64.